The molecule has 1 aliphatic rings. The maximum atomic E-state index is 12.2. The molecular weight excluding hydrogens is 356 g/mol. The molecule has 1 unspecified atom stereocenters. The lowest BCUT2D eigenvalue weighted by Gasteiger charge is -2.35. The van der Waals surface area contributed by atoms with Gasteiger partial charge in [0.05, 0.1) is 19.3 Å². The molecule has 0 aliphatic carbocycles. The first-order valence-corrected chi connectivity index (χ1v) is 9.60. The summed E-state index contributed by atoms with van der Waals surface area (Å²) < 4.78 is 5.45. The van der Waals surface area contributed by atoms with Crippen molar-refractivity contribution in [3.8, 4) is 0 Å². The van der Waals surface area contributed by atoms with Gasteiger partial charge in [0, 0.05) is 30.7 Å². The van der Waals surface area contributed by atoms with E-state index < -0.39 is 0 Å². The number of hydrogen-bond donors (Lipinski definition) is 1. The maximum Gasteiger partial charge on any atom is 0.244 e. The monoisotopic (exact) mass is 376 g/mol. The first kappa shape index (κ1) is 18.1. The average molecular weight is 377 g/mol. The summed E-state index contributed by atoms with van der Waals surface area (Å²) in [5.41, 5.74) is 2.07. The third kappa shape index (κ3) is 5.16. The van der Waals surface area contributed by atoms with E-state index in [0.29, 0.717) is 19.8 Å². The number of carbonyl (C=O) groups is 1. The molecule has 1 atom stereocenters. The van der Waals surface area contributed by atoms with Gasteiger partial charge in [-0.05, 0) is 40.1 Å². The molecule has 25 heavy (non-hydrogen) atoms. The molecule has 1 aromatic heterocycles. The van der Waals surface area contributed by atoms with E-state index >= 15 is 0 Å². The fourth-order valence-electron chi connectivity index (χ4n) is 2.87. The van der Waals surface area contributed by atoms with Crippen LogP contribution in [0.5, 0.6) is 0 Å². The van der Waals surface area contributed by atoms with Gasteiger partial charge in [0.1, 0.15) is 0 Å². The van der Waals surface area contributed by atoms with E-state index in [0.717, 1.165) is 29.2 Å². The number of thiophene rings is 1. The van der Waals surface area contributed by atoms with Crippen molar-refractivity contribution < 1.29 is 9.53 Å². The van der Waals surface area contributed by atoms with Gasteiger partial charge >= 0.3 is 0 Å². The summed E-state index contributed by atoms with van der Waals surface area (Å²) in [7, 11) is 0. The zero-order valence-electron chi connectivity index (χ0n) is 13.9. The van der Waals surface area contributed by atoms with Gasteiger partial charge in [-0.25, -0.2) is 0 Å². The van der Waals surface area contributed by atoms with Crippen molar-refractivity contribution in [1.82, 2.24) is 10.2 Å². The number of benzene rings is 1. The Hall–Kier alpha value is -1.66. The van der Waals surface area contributed by atoms with E-state index in [4.69, 9.17) is 16.3 Å². The molecule has 1 N–H and O–H groups in total. The van der Waals surface area contributed by atoms with Crippen LogP contribution in [0, 0.1) is 0 Å². The fraction of sp³-hybridized carbons (Fsp3) is 0.316. The highest BCUT2D eigenvalue weighted by molar-refractivity contribution is 7.08. The number of ether oxygens (including phenoxy) is 1. The number of nitrogens with zero attached hydrogens (tertiary/aromatic N) is 1. The first-order valence-electron chi connectivity index (χ1n) is 8.28. The van der Waals surface area contributed by atoms with Crippen molar-refractivity contribution in [3.05, 3.63) is 63.3 Å². The van der Waals surface area contributed by atoms with Gasteiger partial charge in [-0.3, -0.25) is 9.69 Å². The molecule has 6 heteroatoms. The van der Waals surface area contributed by atoms with Crippen LogP contribution in [-0.2, 0) is 9.53 Å². The highest BCUT2D eigenvalue weighted by atomic mass is 35.5. The third-order valence-corrected chi connectivity index (χ3v) is 5.24. The standard InChI is InChI=1S/C19H21ClN2O2S/c20-17-4-2-1-3-16(17)18(22-8-10-24-11-9-22)13-21-19(23)6-5-15-7-12-25-14-15/h1-7,12,14,18H,8-11,13H2,(H,21,23)/b6-5+. The zero-order valence-corrected chi connectivity index (χ0v) is 15.4. The van der Waals surface area contributed by atoms with Crippen LogP contribution >= 0.6 is 22.9 Å². The number of amides is 1. The van der Waals surface area contributed by atoms with Crippen molar-refractivity contribution in [2.45, 2.75) is 6.04 Å². The topological polar surface area (TPSA) is 41.6 Å². The van der Waals surface area contributed by atoms with E-state index in [-0.39, 0.29) is 11.9 Å². The molecule has 1 aromatic carbocycles. The largest absolute Gasteiger partial charge is 0.379 e. The molecule has 1 fully saturated rings. The Morgan fingerprint density at radius 2 is 2.12 bits per heavy atom. The van der Waals surface area contributed by atoms with Crippen LogP contribution in [0.1, 0.15) is 17.2 Å². The Bertz CT molecular complexity index is 712. The molecule has 4 nitrogen and oxygen atoms in total. The van der Waals surface area contributed by atoms with E-state index in [1.807, 2.05) is 47.2 Å². The number of morpholine rings is 1. The molecule has 2 aromatic rings. The molecule has 0 saturated carbocycles. The lowest BCUT2D eigenvalue weighted by Crippen LogP contribution is -2.43. The predicted molar refractivity (Wildman–Crippen MR) is 103 cm³/mol. The Kier molecular flexibility index (Phi) is 6.64. The SMILES string of the molecule is O=C(/C=C/c1ccsc1)NCC(c1ccccc1Cl)N1CCOCC1. The molecule has 0 spiro atoms. The Balaban J connectivity index is 1.67. The van der Waals surface area contributed by atoms with Crippen LogP contribution < -0.4 is 5.32 Å². The van der Waals surface area contributed by atoms with Gasteiger partial charge in [-0.1, -0.05) is 29.8 Å². The molecule has 132 valence electrons. The summed E-state index contributed by atoms with van der Waals surface area (Å²) >= 11 is 8.01. The predicted octanol–water partition coefficient (Wildman–Crippen LogP) is 3.60. The Labute approximate surface area is 157 Å². The Morgan fingerprint density at radius 3 is 2.84 bits per heavy atom. The van der Waals surface area contributed by atoms with Crippen LogP contribution in [-0.4, -0.2) is 43.7 Å². The second kappa shape index (κ2) is 9.15. The first-order chi connectivity index (χ1) is 12.2. The van der Waals surface area contributed by atoms with E-state index in [1.54, 1.807) is 17.4 Å². The summed E-state index contributed by atoms with van der Waals surface area (Å²) in [6.07, 6.45) is 3.40. The average Bonchev–Trinajstić information content (AvgIpc) is 3.16. The zero-order chi connectivity index (χ0) is 17.5. The van der Waals surface area contributed by atoms with E-state index in [2.05, 4.69) is 10.2 Å². The summed E-state index contributed by atoms with van der Waals surface area (Å²) in [6, 6.07) is 9.83. The summed E-state index contributed by atoms with van der Waals surface area (Å²) in [4.78, 5) is 14.5. The lowest BCUT2D eigenvalue weighted by molar-refractivity contribution is -0.116. The number of carbonyl (C=O) groups excluding carboxylic acids is 1. The normalized spacial score (nSPS) is 16.8. The minimum atomic E-state index is -0.100. The molecular formula is C19H21ClN2O2S. The number of nitrogens with one attached hydrogen (secondary N) is 1. The van der Waals surface area contributed by atoms with Gasteiger partial charge in [0.2, 0.25) is 5.91 Å². The Morgan fingerprint density at radius 1 is 1.32 bits per heavy atom. The lowest BCUT2D eigenvalue weighted by atomic mass is 10.0. The molecule has 2 heterocycles. The van der Waals surface area contributed by atoms with Crippen LogP contribution in [0.15, 0.2) is 47.2 Å². The maximum absolute atomic E-state index is 12.2. The van der Waals surface area contributed by atoms with Crippen LogP contribution in [0.3, 0.4) is 0 Å². The van der Waals surface area contributed by atoms with Crippen molar-refractivity contribution >= 4 is 34.9 Å². The van der Waals surface area contributed by atoms with Crippen molar-refractivity contribution in [1.29, 1.82) is 0 Å². The highest BCUT2D eigenvalue weighted by Gasteiger charge is 2.24. The van der Waals surface area contributed by atoms with E-state index in [9.17, 15) is 4.79 Å². The highest BCUT2D eigenvalue weighted by Crippen LogP contribution is 2.27. The van der Waals surface area contributed by atoms with E-state index in [1.165, 1.54) is 0 Å². The number of hydrogen-bond acceptors (Lipinski definition) is 4. The van der Waals surface area contributed by atoms with Crippen LogP contribution in [0.2, 0.25) is 5.02 Å². The quantitative estimate of drug-likeness (QED) is 0.783. The number of halogens is 1. The number of rotatable bonds is 6. The second-order valence-corrected chi connectivity index (χ2v) is 7.01. The second-order valence-electron chi connectivity index (χ2n) is 5.82. The molecule has 0 bridgehead atoms. The molecule has 3 rings (SSSR count). The van der Waals surface area contributed by atoms with Gasteiger partial charge < -0.3 is 10.1 Å². The molecule has 1 aliphatic heterocycles. The molecule has 1 saturated heterocycles. The van der Waals surface area contributed by atoms with Gasteiger partial charge in [0.25, 0.3) is 0 Å². The molecule has 1 amide bonds. The summed E-state index contributed by atoms with van der Waals surface area (Å²) in [5, 5.41) is 7.72. The van der Waals surface area contributed by atoms with Crippen molar-refractivity contribution in [2.24, 2.45) is 0 Å². The minimum absolute atomic E-state index is 0.0381. The smallest absolute Gasteiger partial charge is 0.244 e. The van der Waals surface area contributed by atoms with Crippen molar-refractivity contribution in [3.63, 3.8) is 0 Å². The van der Waals surface area contributed by atoms with Gasteiger partial charge in [-0.2, -0.15) is 11.3 Å². The molecule has 0 radical (unpaired) electrons. The van der Waals surface area contributed by atoms with Crippen LogP contribution in [0.4, 0.5) is 0 Å². The third-order valence-electron chi connectivity index (χ3n) is 4.19. The van der Waals surface area contributed by atoms with Gasteiger partial charge in [0.15, 0.2) is 0 Å². The van der Waals surface area contributed by atoms with Gasteiger partial charge in [-0.15, -0.1) is 0 Å². The fourth-order valence-corrected chi connectivity index (χ4v) is 3.76. The summed E-state index contributed by atoms with van der Waals surface area (Å²) in [5.74, 6) is -0.100. The van der Waals surface area contributed by atoms with Crippen LogP contribution in [0.25, 0.3) is 6.08 Å². The minimum Gasteiger partial charge on any atom is -0.379 e. The van der Waals surface area contributed by atoms with Crippen molar-refractivity contribution in [2.75, 3.05) is 32.8 Å². The summed E-state index contributed by atoms with van der Waals surface area (Å²) in [6.45, 7) is 3.57.